The van der Waals surface area contributed by atoms with Gasteiger partial charge in [0.05, 0.1) is 6.61 Å². The summed E-state index contributed by atoms with van der Waals surface area (Å²) in [5.74, 6) is -1.00. The maximum absolute atomic E-state index is 13.0. The first kappa shape index (κ1) is 14.9. The Labute approximate surface area is 107 Å². The first-order chi connectivity index (χ1) is 8.43. The molecule has 0 aliphatic heterocycles. The van der Waals surface area contributed by atoms with Crippen LogP contribution in [0.5, 0.6) is 5.75 Å². The van der Waals surface area contributed by atoms with Gasteiger partial charge in [-0.1, -0.05) is 20.8 Å². The molecule has 102 valence electrons. The van der Waals surface area contributed by atoms with E-state index < -0.39 is 11.6 Å². The van der Waals surface area contributed by atoms with Crippen LogP contribution in [0.25, 0.3) is 0 Å². The molecule has 18 heavy (non-hydrogen) atoms. The van der Waals surface area contributed by atoms with Crippen LogP contribution in [0.15, 0.2) is 18.2 Å². The molecule has 0 saturated carbocycles. The Kier molecular flexibility index (Phi) is 5.54. The van der Waals surface area contributed by atoms with E-state index in [0.717, 1.165) is 25.6 Å². The Balaban J connectivity index is 2.47. The van der Waals surface area contributed by atoms with Gasteiger partial charge in [-0.05, 0) is 13.0 Å². The average Bonchev–Trinajstić information content (AvgIpc) is 2.25. The smallest absolute Gasteiger partial charge is 0.129 e. The molecule has 0 spiro atoms. The summed E-state index contributed by atoms with van der Waals surface area (Å²) in [6.07, 6.45) is 1.08. The van der Waals surface area contributed by atoms with E-state index in [1.165, 1.54) is 12.1 Å². The Morgan fingerprint density at radius 1 is 1.17 bits per heavy atom. The molecule has 0 heterocycles. The highest BCUT2D eigenvalue weighted by Gasteiger charge is 2.18. The standard InChI is InChI=1S/C14H21F2NO/c1-4-5-17-9-14(2,3)10-18-13-7-11(15)6-12(16)8-13/h6-8,17H,4-5,9-10H2,1-3H3. The topological polar surface area (TPSA) is 21.3 Å². The second kappa shape index (κ2) is 6.69. The fourth-order valence-corrected chi connectivity index (χ4v) is 1.55. The van der Waals surface area contributed by atoms with Gasteiger partial charge in [-0.2, -0.15) is 0 Å². The highest BCUT2D eigenvalue weighted by Crippen LogP contribution is 2.20. The molecule has 0 unspecified atom stereocenters. The summed E-state index contributed by atoms with van der Waals surface area (Å²) in [7, 11) is 0. The van der Waals surface area contributed by atoms with Crippen molar-refractivity contribution in [3.8, 4) is 5.75 Å². The van der Waals surface area contributed by atoms with Crippen molar-refractivity contribution >= 4 is 0 Å². The van der Waals surface area contributed by atoms with Crippen LogP contribution in [0.4, 0.5) is 8.78 Å². The molecule has 1 aromatic rings. The number of rotatable bonds is 7. The lowest BCUT2D eigenvalue weighted by Gasteiger charge is -2.25. The van der Waals surface area contributed by atoms with Gasteiger partial charge in [0.1, 0.15) is 17.4 Å². The molecule has 1 N–H and O–H groups in total. The van der Waals surface area contributed by atoms with Gasteiger partial charge in [0.2, 0.25) is 0 Å². The quantitative estimate of drug-likeness (QED) is 0.756. The molecule has 1 rings (SSSR count). The predicted octanol–water partition coefficient (Wildman–Crippen LogP) is 3.37. The number of nitrogens with one attached hydrogen (secondary N) is 1. The number of benzene rings is 1. The van der Waals surface area contributed by atoms with Crippen molar-refractivity contribution in [2.75, 3.05) is 19.7 Å². The number of ether oxygens (including phenoxy) is 1. The van der Waals surface area contributed by atoms with E-state index in [1.807, 2.05) is 13.8 Å². The number of hydrogen-bond acceptors (Lipinski definition) is 2. The van der Waals surface area contributed by atoms with Crippen molar-refractivity contribution in [2.24, 2.45) is 5.41 Å². The number of hydrogen-bond donors (Lipinski definition) is 1. The lowest BCUT2D eigenvalue weighted by Crippen LogP contribution is -2.34. The fraction of sp³-hybridized carbons (Fsp3) is 0.571. The highest BCUT2D eigenvalue weighted by molar-refractivity contribution is 5.23. The number of halogens is 2. The Bertz CT molecular complexity index is 360. The van der Waals surface area contributed by atoms with Crippen molar-refractivity contribution in [3.63, 3.8) is 0 Å². The third kappa shape index (κ3) is 5.45. The second-order valence-electron chi connectivity index (χ2n) is 5.23. The Hall–Kier alpha value is -1.16. The molecule has 0 bridgehead atoms. The van der Waals surface area contributed by atoms with Gasteiger partial charge < -0.3 is 10.1 Å². The molecule has 1 aromatic carbocycles. The summed E-state index contributed by atoms with van der Waals surface area (Å²) >= 11 is 0. The summed E-state index contributed by atoms with van der Waals surface area (Å²) in [6.45, 7) is 8.37. The van der Waals surface area contributed by atoms with Crippen LogP contribution in [0.1, 0.15) is 27.2 Å². The third-order valence-corrected chi connectivity index (χ3v) is 2.50. The summed E-state index contributed by atoms with van der Waals surface area (Å²) in [6, 6.07) is 3.22. The lowest BCUT2D eigenvalue weighted by atomic mass is 9.95. The van der Waals surface area contributed by atoms with Gasteiger partial charge in [0.25, 0.3) is 0 Å². The summed E-state index contributed by atoms with van der Waals surface area (Å²) in [5, 5.41) is 3.31. The Morgan fingerprint density at radius 2 is 1.78 bits per heavy atom. The summed E-state index contributed by atoms with van der Waals surface area (Å²) < 4.78 is 31.4. The summed E-state index contributed by atoms with van der Waals surface area (Å²) in [5.41, 5.74) is -0.0854. The van der Waals surface area contributed by atoms with Crippen LogP contribution in [0.2, 0.25) is 0 Å². The zero-order chi connectivity index (χ0) is 13.6. The van der Waals surface area contributed by atoms with Gasteiger partial charge >= 0.3 is 0 Å². The molecule has 4 heteroatoms. The molecule has 0 radical (unpaired) electrons. The normalized spacial score (nSPS) is 11.6. The Morgan fingerprint density at radius 3 is 2.33 bits per heavy atom. The molecule has 0 aromatic heterocycles. The molecule has 0 saturated heterocycles. The second-order valence-corrected chi connectivity index (χ2v) is 5.23. The van der Waals surface area contributed by atoms with Gasteiger partial charge in [-0.25, -0.2) is 8.78 Å². The van der Waals surface area contributed by atoms with Gasteiger partial charge in [0.15, 0.2) is 0 Å². The minimum absolute atomic E-state index is 0.0854. The average molecular weight is 257 g/mol. The zero-order valence-corrected chi connectivity index (χ0v) is 11.2. The van der Waals surface area contributed by atoms with Crippen LogP contribution in [0, 0.1) is 17.0 Å². The highest BCUT2D eigenvalue weighted by atomic mass is 19.1. The van der Waals surface area contributed by atoms with Crippen LogP contribution in [-0.4, -0.2) is 19.7 Å². The predicted molar refractivity (Wildman–Crippen MR) is 68.8 cm³/mol. The maximum atomic E-state index is 13.0. The van der Waals surface area contributed by atoms with Crippen molar-refractivity contribution in [2.45, 2.75) is 27.2 Å². The third-order valence-electron chi connectivity index (χ3n) is 2.50. The van der Waals surface area contributed by atoms with E-state index >= 15 is 0 Å². The molecular formula is C14H21F2NO. The molecule has 0 atom stereocenters. The van der Waals surface area contributed by atoms with Gasteiger partial charge in [0, 0.05) is 30.2 Å². The molecular weight excluding hydrogens is 236 g/mol. The van der Waals surface area contributed by atoms with Crippen molar-refractivity contribution in [3.05, 3.63) is 29.8 Å². The van der Waals surface area contributed by atoms with Crippen LogP contribution in [0.3, 0.4) is 0 Å². The van der Waals surface area contributed by atoms with Crippen LogP contribution >= 0.6 is 0 Å². The van der Waals surface area contributed by atoms with Crippen molar-refractivity contribution in [1.82, 2.24) is 5.32 Å². The van der Waals surface area contributed by atoms with E-state index in [9.17, 15) is 8.78 Å². The van der Waals surface area contributed by atoms with E-state index in [-0.39, 0.29) is 11.2 Å². The zero-order valence-electron chi connectivity index (χ0n) is 11.2. The molecule has 0 aliphatic carbocycles. The lowest BCUT2D eigenvalue weighted by molar-refractivity contribution is 0.175. The SMILES string of the molecule is CCCNCC(C)(C)COc1cc(F)cc(F)c1. The minimum atomic E-state index is -0.619. The molecule has 0 fully saturated rings. The first-order valence-corrected chi connectivity index (χ1v) is 6.22. The van der Waals surface area contributed by atoms with Gasteiger partial charge in [-0.15, -0.1) is 0 Å². The van der Waals surface area contributed by atoms with E-state index in [0.29, 0.717) is 6.61 Å². The van der Waals surface area contributed by atoms with E-state index in [1.54, 1.807) is 0 Å². The van der Waals surface area contributed by atoms with Crippen molar-refractivity contribution < 1.29 is 13.5 Å². The van der Waals surface area contributed by atoms with E-state index in [2.05, 4.69) is 12.2 Å². The van der Waals surface area contributed by atoms with E-state index in [4.69, 9.17) is 4.74 Å². The van der Waals surface area contributed by atoms with Gasteiger partial charge in [-0.3, -0.25) is 0 Å². The minimum Gasteiger partial charge on any atom is -0.493 e. The van der Waals surface area contributed by atoms with Crippen LogP contribution in [-0.2, 0) is 0 Å². The monoisotopic (exact) mass is 257 g/mol. The maximum Gasteiger partial charge on any atom is 0.129 e. The van der Waals surface area contributed by atoms with Crippen molar-refractivity contribution in [1.29, 1.82) is 0 Å². The summed E-state index contributed by atoms with van der Waals surface area (Å²) in [4.78, 5) is 0. The molecule has 2 nitrogen and oxygen atoms in total. The molecule has 0 aliphatic rings. The molecule has 0 amide bonds. The first-order valence-electron chi connectivity index (χ1n) is 6.22. The largest absolute Gasteiger partial charge is 0.493 e. The van der Waals surface area contributed by atoms with Crippen LogP contribution < -0.4 is 10.1 Å². The fourth-order valence-electron chi connectivity index (χ4n) is 1.55.